The Kier molecular flexibility index (Phi) is 24.5. The smallest absolute Gasteiger partial charge is 0.857 e. The molecule has 1 aromatic rings. The second-order valence-electron chi connectivity index (χ2n) is 3.12. The quantitative estimate of drug-likeness (QED) is 0.445. The first-order chi connectivity index (χ1) is 7.55. The molecule has 0 fully saturated rings. The molecule has 0 unspecified atom stereocenters. The van der Waals surface area contributed by atoms with Crippen molar-refractivity contribution in [3.8, 4) is 0 Å². The summed E-state index contributed by atoms with van der Waals surface area (Å²) in [6.45, 7) is 11.0. The minimum Gasteiger partial charge on any atom is -0.857 e. The summed E-state index contributed by atoms with van der Waals surface area (Å²) in [6, 6.07) is 0. The molecule has 4 heteroatoms. The maximum atomic E-state index is 8.25. The van der Waals surface area contributed by atoms with E-state index < -0.39 is 0 Å². The average Bonchev–Trinajstić information content (AvgIpc) is 2.55. The van der Waals surface area contributed by atoms with E-state index in [1.54, 1.807) is 0 Å². The third-order valence-corrected chi connectivity index (χ3v) is 2.81. The summed E-state index contributed by atoms with van der Waals surface area (Å²) in [5.41, 5.74) is 7.34. The van der Waals surface area contributed by atoms with Crippen molar-refractivity contribution < 1.29 is 41.2 Å². The molecule has 1 aromatic carbocycles. The topological polar surface area (TPSA) is 69.2 Å². The summed E-state index contributed by atoms with van der Waals surface area (Å²) < 4.78 is 0. The Bertz CT molecular complexity index is 188. The molecule has 0 aromatic heterocycles. The predicted octanol–water partition coefficient (Wildman–Crippen LogP) is -0.125. The van der Waals surface area contributed by atoms with Crippen molar-refractivity contribution in [2.45, 2.75) is 34.6 Å². The molecule has 0 amide bonds. The number of hydrogen-bond acceptors (Lipinski definition) is 3. The van der Waals surface area contributed by atoms with Crippen LogP contribution in [-0.4, -0.2) is 21.3 Å². The van der Waals surface area contributed by atoms with E-state index in [2.05, 4.69) is 34.6 Å². The van der Waals surface area contributed by atoms with Crippen molar-refractivity contribution in [1.82, 2.24) is 0 Å². The number of rotatable bonds is 0. The van der Waals surface area contributed by atoms with Gasteiger partial charge in [0.15, 0.2) is 0 Å². The Morgan fingerprint density at radius 1 is 0.647 bits per heavy atom. The molecule has 0 saturated carbocycles. The van der Waals surface area contributed by atoms with Crippen molar-refractivity contribution in [1.29, 1.82) is 0 Å². The van der Waals surface area contributed by atoms with Crippen LogP contribution in [0.3, 0.4) is 0 Å². The molecule has 0 aliphatic heterocycles. The van der Waals surface area contributed by atoms with Crippen LogP contribution in [0.5, 0.6) is 0 Å². The van der Waals surface area contributed by atoms with Crippen LogP contribution in [0.1, 0.15) is 27.8 Å². The fourth-order valence-corrected chi connectivity index (χ4v) is 1.41. The molecule has 0 radical (unpaired) electrons. The molecule has 3 nitrogen and oxygen atoms in total. The van der Waals surface area contributed by atoms with Gasteiger partial charge in [-0.15, -0.1) is 0 Å². The van der Waals surface area contributed by atoms with E-state index in [9.17, 15) is 0 Å². The molecule has 1 rings (SSSR count). The van der Waals surface area contributed by atoms with E-state index in [-0.39, 0.29) is 25.8 Å². The average molecular weight is 407 g/mol. The predicted molar refractivity (Wildman–Crippen MR) is 63.5 cm³/mol. The Labute approximate surface area is 125 Å². The zero-order valence-corrected chi connectivity index (χ0v) is 15.8. The van der Waals surface area contributed by atoms with Gasteiger partial charge in [0.1, 0.15) is 0 Å². The zero-order chi connectivity index (χ0) is 13.9. The minimum atomic E-state index is 0. The first-order valence-electron chi connectivity index (χ1n) is 4.97. The van der Waals surface area contributed by atoms with Gasteiger partial charge < -0.3 is 15.3 Å². The summed E-state index contributed by atoms with van der Waals surface area (Å²) in [6.07, 6.45) is 0. The molecular formula is C13H24HfO3. The maximum absolute atomic E-state index is 8.25. The van der Waals surface area contributed by atoms with E-state index in [0.717, 1.165) is 21.3 Å². The van der Waals surface area contributed by atoms with Crippen LogP contribution in [0.4, 0.5) is 0 Å². The van der Waals surface area contributed by atoms with Crippen LogP contribution in [0, 0.1) is 34.6 Å². The normalized spacial score (nSPS) is 7.24. The van der Waals surface area contributed by atoms with Gasteiger partial charge in [-0.1, -0.05) is 34.6 Å². The molecule has 0 aliphatic rings. The Morgan fingerprint density at radius 2 is 0.824 bits per heavy atom. The van der Waals surface area contributed by atoms with Crippen LogP contribution < -0.4 is 15.3 Å². The van der Waals surface area contributed by atoms with Crippen molar-refractivity contribution in [2.75, 3.05) is 21.3 Å². The third kappa shape index (κ3) is 7.92. The van der Waals surface area contributed by atoms with Gasteiger partial charge in [0.25, 0.3) is 0 Å². The van der Waals surface area contributed by atoms with Gasteiger partial charge in [0.05, 0.1) is 0 Å². The first-order valence-corrected chi connectivity index (χ1v) is 4.97. The second kappa shape index (κ2) is 16.1. The van der Waals surface area contributed by atoms with Gasteiger partial charge in [0, 0.05) is 0 Å². The molecular weight excluding hydrogens is 383 g/mol. The van der Waals surface area contributed by atoms with Crippen LogP contribution in [-0.2, 0) is 25.8 Å². The molecule has 98 valence electrons. The van der Waals surface area contributed by atoms with Crippen molar-refractivity contribution in [3.05, 3.63) is 27.8 Å². The van der Waals surface area contributed by atoms with Crippen molar-refractivity contribution >= 4 is 0 Å². The third-order valence-electron chi connectivity index (χ3n) is 2.81. The number of hydrogen-bond donors (Lipinski definition) is 0. The van der Waals surface area contributed by atoms with Crippen LogP contribution >= 0.6 is 0 Å². The fourth-order valence-electron chi connectivity index (χ4n) is 1.41. The summed E-state index contributed by atoms with van der Waals surface area (Å²) in [5.74, 6) is 0. The zero-order valence-electron chi connectivity index (χ0n) is 12.2. The first kappa shape index (κ1) is 25.8. The summed E-state index contributed by atoms with van der Waals surface area (Å²) in [4.78, 5) is 0. The minimum absolute atomic E-state index is 0. The van der Waals surface area contributed by atoms with E-state index in [1.165, 1.54) is 27.8 Å². The molecule has 0 heterocycles. The Morgan fingerprint density at radius 3 is 0.882 bits per heavy atom. The summed E-state index contributed by atoms with van der Waals surface area (Å²) in [5, 5.41) is 24.8. The van der Waals surface area contributed by atoms with Gasteiger partial charge in [-0.2, -0.15) is 49.1 Å². The Balaban J connectivity index is -0.000000106. The molecule has 0 saturated heterocycles. The molecule has 0 spiro atoms. The van der Waals surface area contributed by atoms with Gasteiger partial charge in [0.2, 0.25) is 0 Å². The maximum Gasteiger partial charge on any atom is 4.00 e. The van der Waals surface area contributed by atoms with E-state index in [1.807, 2.05) is 0 Å². The molecule has 0 atom stereocenters. The van der Waals surface area contributed by atoms with Gasteiger partial charge >= 0.3 is 25.8 Å². The van der Waals surface area contributed by atoms with Crippen LogP contribution in [0.25, 0.3) is 0 Å². The van der Waals surface area contributed by atoms with Gasteiger partial charge in [-0.25, -0.2) is 0 Å². The van der Waals surface area contributed by atoms with Crippen LogP contribution in [0.15, 0.2) is 0 Å². The van der Waals surface area contributed by atoms with E-state index >= 15 is 0 Å². The van der Waals surface area contributed by atoms with E-state index in [0.29, 0.717) is 0 Å². The second-order valence-corrected chi connectivity index (χ2v) is 3.12. The van der Waals surface area contributed by atoms with Crippen molar-refractivity contribution in [2.24, 2.45) is 0 Å². The molecule has 0 N–H and O–H groups in total. The SMILES string of the molecule is C[O-].C[O-].C[O-].Cc1c(C)c(C)[c-](C)c1C.[Hf+4]. The molecule has 0 bridgehead atoms. The van der Waals surface area contributed by atoms with Gasteiger partial charge in [-0.05, 0) is 0 Å². The standard InChI is InChI=1S/C10H15.3CH3O.Hf/c1-6-7(2)9(4)10(5)8(6)3;3*1-2;/h1-5H3;3*1H3;/q4*-1;+4. The van der Waals surface area contributed by atoms with Gasteiger partial charge in [-0.3, -0.25) is 0 Å². The van der Waals surface area contributed by atoms with Crippen LogP contribution in [0.2, 0.25) is 0 Å². The van der Waals surface area contributed by atoms with E-state index in [4.69, 9.17) is 15.3 Å². The summed E-state index contributed by atoms with van der Waals surface area (Å²) in [7, 11) is 2.25. The summed E-state index contributed by atoms with van der Waals surface area (Å²) >= 11 is 0. The van der Waals surface area contributed by atoms with Crippen molar-refractivity contribution in [3.63, 3.8) is 0 Å². The Hall–Kier alpha value is 0.100. The monoisotopic (exact) mass is 408 g/mol. The molecule has 0 aliphatic carbocycles. The largest absolute Gasteiger partial charge is 4.00 e. The molecule has 17 heavy (non-hydrogen) atoms. The fraction of sp³-hybridized carbons (Fsp3) is 0.615.